The van der Waals surface area contributed by atoms with Gasteiger partial charge in [0, 0.05) is 11.9 Å². The smallest absolute Gasteiger partial charge is 0.315 e. The Kier molecular flexibility index (Phi) is 4.54. The van der Waals surface area contributed by atoms with Crippen LogP contribution in [0.25, 0.3) is 0 Å². The zero-order chi connectivity index (χ0) is 13.8. The topological polar surface area (TPSA) is 41.1 Å². The first-order chi connectivity index (χ1) is 8.28. The van der Waals surface area contributed by atoms with Crippen LogP contribution in [0, 0.1) is 19.3 Å². The van der Waals surface area contributed by atoms with Crippen molar-refractivity contribution in [2.45, 2.75) is 34.6 Å². The number of carbonyl (C=O) groups is 1. The lowest BCUT2D eigenvalue weighted by atomic mass is 9.97. The molecule has 0 aromatic heterocycles. The van der Waals surface area contributed by atoms with Crippen molar-refractivity contribution in [1.29, 1.82) is 0 Å². The second-order valence-electron chi connectivity index (χ2n) is 5.62. The van der Waals surface area contributed by atoms with Crippen LogP contribution >= 0.6 is 0 Å². The van der Waals surface area contributed by atoms with Crippen LogP contribution in [0.5, 0.6) is 0 Å². The molecule has 1 aromatic carbocycles. The van der Waals surface area contributed by atoms with Gasteiger partial charge < -0.3 is 10.6 Å². The number of nitrogens with one attached hydrogen (secondary N) is 2. The third kappa shape index (κ3) is 5.04. The molecule has 98 valence electrons. The molecular formula is C15H22N2O. The first-order valence-corrected chi connectivity index (χ1v) is 6.10. The molecule has 3 heteroatoms. The van der Waals surface area contributed by atoms with Crippen molar-refractivity contribution >= 4 is 11.7 Å². The van der Waals surface area contributed by atoms with Gasteiger partial charge in [-0.1, -0.05) is 39.0 Å². The molecule has 2 N–H and O–H groups in total. The van der Waals surface area contributed by atoms with Crippen LogP contribution in [0.2, 0.25) is 0 Å². The summed E-state index contributed by atoms with van der Waals surface area (Å²) in [5.74, 6) is 0. The van der Waals surface area contributed by atoms with Gasteiger partial charge in [-0.05, 0) is 36.5 Å². The normalized spacial score (nSPS) is 11.6. The fourth-order valence-corrected chi connectivity index (χ4v) is 1.40. The van der Waals surface area contributed by atoms with E-state index in [1.165, 1.54) is 0 Å². The molecular weight excluding hydrogens is 224 g/mol. The standard InChI is InChI=1S/C15H22N2O/c1-11-6-7-12(2)13(10-11)17-14(18)16-9-8-15(3,4)5/h6-10H,1-5H3,(H2,16,17,18)/b9-8+. The minimum absolute atomic E-state index is 0.0620. The molecule has 0 aliphatic carbocycles. The van der Waals surface area contributed by atoms with E-state index in [1.807, 2.05) is 38.1 Å². The molecule has 2 amide bonds. The molecule has 0 spiro atoms. The first kappa shape index (κ1) is 14.3. The molecule has 3 nitrogen and oxygen atoms in total. The molecule has 18 heavy (non-hydrogen) atoms. The SMILES string of the molecule is Cc1ccc(C)c(NC(=O)N/C=C/C(C)(C)C)c1. The van der Waals surface area contributed by atoms with E-state index in [4.69, 9.17) is 0 Å². The number of allylic oxidation sites excluding steroid dienone is 1. The summed E-state index contributed by atoms with van der Waals surface area (Å²) in [6, 6.07) is 5.76. The predicted molar refractivity (Wildman–Crippen MR) is 76.7 cm³/mol. The van der Waals surface area contributed by atoms with Crippen LogP contribution in [0.1, 0.15) is 31.9 Å². The van der Waals surface area contributed by atoms with E-state index in [1.54, 1.807) is 6.20 Å². The van der Waals surface area contributed by atoms with Gasteiger partial charge >= 0.3 is 6.03 Å². The Hall–Kier alpha value is -1.77. The van der Waals surface area contributed by atoms with Crippen LogP contribution in [0.15, 0.2) is 30.5 Å². The zero-order valence-corrected chi connectivity index (χ0v) is 11.8. The molecule has 0 heterocycles. The average Bonchev–Trinajstić information content (AvgIpc) is 2.21. The summed E-state index contributed by atoms with van der Waals surface area (Å²) in [5, 5.41) is 5.54. The van der Waals surface area contributed by atoms with Crippen molar-refractivity contribution in [3.63, 3.8) is 0 Å². The van der Waals surface area contributed by atoms with E-state index in [2.05, 4.69) is 31.4 Å². The summed E-state index contributed by atoms with van der Waals surface area (Å²) in [6.45, 7) is 10.2. The third-order valence-electron chi connectivity index (χ3n) is 2.44. The van der Waals surface area contributed by atoms with E-state index < -0.39 is 0 Å². The zero-order valence-electron chi connectivity index (χ0n) is 11.8. The molecule has 0 fully saturated rings. The first-order valence-electron chi connectivity index (χ1n) is 6.10. The van der Waals surface area contributed by atoms with Crippen LogP contribution in [-0.4, -0.2) is 6.03 Å². The molecule has 0 bridgehead atoms. The van der Waals surface area contributed by atoms with Crippen LogP contribution in [0.4, 0.5) is 10.5 Å². The van der Waals surface area contributed by atoms with E-state index in [0.717, 1.165) is 16.8 Å². The molecule has 0 unspecified atom stereocenters. The highest BCUT2D eigenvalue weighted by Crippen LogP contribution is 2.16. The van der Waals surface area contributed by atoms with E-state index in [0.29, 0.717) is 0 Å². The molecule has 1 rings (SSSR count). The van der Waals surface area contributed by atoms with Gasteiger partial charge in [-0.2, -0.15) is 0 Å². The fraction of sp³-hybridized carbons (Fsp3) is 0.400. The fourth-order valence-electron chi connectivity index (χ4n) is 1.40. The maximum Gasteiger partial charge on any atom is 0.323 e. The third-order valence-corrected chi connectivity index (χ3v) is 2.44. The van der Waals surface area contributed by atoms with E-state index in [-0.39, 0.29) is 11.4 Å². The Morgan fingerprint density at radius 2 is 1.89 bits per heavy atom. The van der Waals surface area contributed by atoms with Gasteiger partial charge in [0.15, 0.2) is 0 Å². The summed E-state index contributed by atoms with van der Waals surface area (Å²) >= 11 is 0. The Labute approximate surface area is 109 Å². The molecule has 0 radical (unpaired) electrons. The highest BCUT2D eigenvalue weighted by molar-refractivity contribution is 5.90. The number of hydrogen-bond acceptors (Lipinski definition) is 1. The van der Waals surface area contributed by atoms with Gasteiger partial charge in [0.1, 0.15) is 0 Å². The van der Waals surface area contributed by atoms with Gasteiger partial charge in [-0.25, -0.2) is 4.79 Å². The predicted octanol–water partition coefficient (Wildman–Crippen LogP) is 3.98. The minimum Gasteiger partial charge on any atom is -0.315 e. The number of benzene rings is 1. The maximum atomic E-state index is 11.7. The molecule has 0 saturated carbocycles. The lowest BCUT2D eigenvalue weighted by Gasteiger charge is -2.12. The van der Waals surface area contributed by atoms with Crippen molar-refractivity contribution in [1.82, 2.24) is 5.32 Å². The van der Waals surface area contributed by atoms with Crippen molar-refractivity contribution < 1.29 is 4.79 Å². The number of carbonyl (C=O) groups excluding carboxylic acids is 1. The van der Waals surface area contributed by atoms with E-state index >= 15 is 0 Å². The molecule has 0 atom stereocenters. The lowest BCUT2D eigenvalue weighted by Crippen LogP contribution is -2.24. The van der Waals surface area contributed by atoms with Crippen molar-refractivity contribution in [3.8, 4) is 0 Å². The van der Waals surface area contributed by atoms with Gasteiger partial charge in [0.25, 0.3) is 0 Å². The number of hydrogen-bond donors (Lipinski definition) is 2. The Bertz CT molecular complexity index is 456. The lowest BCUT2D eigenvalue weighted by molar-refractivity contribution is 0.255. The van der Waals surface area contributed by atoms with Crippen molar-refractivity contribution in [3.05, 3.63) is 41.6 Å². The Morgan fingerprint density at radius 3 is 2.50 bits per heavy atom. The van der Waals surface area contributed by atoms with E-state index in [9.17, 15) is 4.79 Å². The average molecular weight is 246 g/mol. The van der Waals surface area contributed by atoms with Crippen LogP contribution in [0.3, 0.4) is 0 Å². The number of urea groups is 1. The van der Waals surface area contributed by atoms with Crippen LogP contribution in [-0.2, 0) is 0 Å². The molecule has 0 aliphatic heterocycles. The van der Waals surface area contributed by atoms with Gasteiger partial charge in [0.05, 0.1) is 0 Å². The Morgan fingerprint density at radius 1 is 1.22 bits per heavy atom. The minimum atomic E-state index is -0.218. The highest BCUT2D eigenvalue weighted by atomic mass is 16.2. The van der Waals surface area contributed by atoms with Crippen molar-refractivity contribution in [2.24, 2.45) is 5.41 Å². The number of aryl methyl sites for hydroxylation is 2. The molecule has 1 aromatic rings. The summed E-state index contributed by atoms with van der Waals surface area (Å²) in [6.07, 6.45) is 3.64. The second kappa shape index (κ2) is 5.71. The summed E-state index contributed by atoms with van der Waals surface area (Å²) in [4.78, 5) is 11.7. The highest BCUT2D eigenvalue weighted by Gasteiger charge is 2.05. The molecule has 0 saturated heterocycles. The number of anilines is 1. The van der Waals surface area contributed by atoms with Crippen LogP contribution < -0.4 is 10.6 Å². The quantitative estimate of drug-likeness (QED) is 0.814. The largest absolute Gasteiger partial charge is 0.323 e. The summed E-state index contributed by atoms with van der Waals surface area (Å²) < 4.78 is 0. The monoisotopic (exact) mass is 246 g/mol. The maximum absolute atomic E-state index is 11.7. The van der Waals surface area contributed by atoms with Gasteiger partial charge in [-0.15, -0.1) is 0 Å². The van der Waals surface area contributed by atoms with Crippen molar-refractivity contribution in [2.75, 3.05) is 5.32 Å². The number of rotatable bonds is 2. The number of amides is 2. The Balaban J connectivity index is 2.60. The molecule has 0 aliphatic rings. The summed E-state index contributed by atoms with van der Waals surface area (Å²) in [7, 11) is 0. The van der Waals surface area contributed by atoms with Gasteiger partial charge in [0.2, 0.25) is 0 Å². The summed E-state index contributed by atoms with van der Waals surface area (Å²) in [5.41, 5.74) is 3.08. The van der Waals surface area contributed by atoms with Gasteiger partial charge in [-0.3, -0.25) is 0 Å². The second-order valence-corrected chi connectivity index (χ2v) is 5.62.